The highest BCUT2D eigenvalue weighted by Crippen LogP contribution is 2.22. The van der Waals surface area contributed by atoms with Crippen LogP contribution in [-0.4, -0.2) is 21.2 Å². The van der Waals surface area contributed by atoms with E-state index in [4.69, 9.17) is 9.15 Å². The number of nitrogens with zero attached hydrogens (tertiary/aromatic N) is 3. The van der Waals surface area contributed by atoms with Crippen LogP contribution in [0.3, 0.4) is 0 Å². The van der Waals surface area contributed by atoms with E-state index in [-0.39, 0.29) is 12.5 Å². The fourth-order valence-electron chi connectivity index (χ4n) is 2.86. The van der Waals surface area contributed by atoms with Gasteiger partial charge in [0.05, 0.1) is 11.1 Å². The molecule has 0 spiro atoms. The lowest BCUT2D eigenvalue weighted by Gasteiger charge is -2.08. The molecule has 0 aliphatic rings. The maximum Gasteiger partial charge on any atom is 0.339 e. The number of hydrogen-bond donors (Lipinski definition) is 0. The molecule has 0 aliphatic carbocycles. The standard InChI is InChI=1S/C21H17N3O3/c1-13-8-9-18-16(10-13)17(11-14(2)22-18)21(25)26-12-19-23-24-20(27-19)15-6-4-3-5-7-15/h3-11H,12H2,1-2H3. The lowest BCUT2D eigenvalue weighted by Crippen LogP contribution is -2.07. The maximum atomic E-state index is 12.6. The summed E-state index contributed by atoms with van der Waals surface area (Å²) in [6.45, 7) is 3.73. The van der Waals surface area contributed by atoms with Crippen molar-refractivity contribution in [1.82, 2.24) is 15.2 Å². The Kier molecular flexibility index (Phi) is 4.38. The predicted octanol–water partition coefficient (Wildman–Crippen LogP) is 4.26. The van der Waals surface area contributed by atoms with Crippen molar-refractivity contribution in [3.63, 3.8) is 0 Å². The molecule has 2 aromatic carbocycles. The number of pyridine rings is 1. The highest BCUT2D eigenvalue weighted by Gasteiger charge is 2.16. The molecule has 6 nitrogen and oxygen atoms in total. The van der Waals surface area contributed by atoms with Crippen LogP contribution in [0.25, 0.3) is 22.4 Å². The molecule has 0 saturated heterocycles. The van der Waals surface area contributed by atoms with Gasteiger partial charge < -0.3 is 9.15 Å². The first kappa shape index (κ1) is 16.9. The highest BCUT2D eigenvalue weighted by molar-refractivity contribution is 6.03. The van der Waals surface area contributed by atoms with Crippen LogP contribution in [0.4, 0.5) is 0 Å². The first-order valence-corrected chi connectivity index (χ1v) is 8.53. The van der Waals surface area contributed by atoms with E-state index in [1.54, 1.807) is 6.07 Å². The van der Waals surface area contributed by atoms with Crippen molar-refractivity contribution in [1.29, 1.82) is 0 Å². The molecule has 0 fully saturated rings. The number of hydrogen-bond acceptors (Lipinski definition) is 6. The Morgan fingerprint density at radius 3 is 2.67 bits per heavy atom. The summed E-state index contributed by atoms with van der Waals surface area (Å²) >= 11 is 0. The minimum absolute atomic E-state index is 0.0899. The van der Waals surface area contributed by atoms with Crippen molar-refractivity contribution in [3.05, 3.63) is 77.3 Å². The number of rotatable bonds is 4. The van der Waals surface area contributed by atoms with Crippen LogP contribution in [0.2, 0.25) is 0 Å². The van der Waals surface area contributed by atoms with E-state index in [9.17, 15) is 4.79 Å². The van der Waals surface area contributed by atoms with Gasteiger partial charge in [-0.3, -0.25) is 4.98 Å². The van der Waals surface area contributed by atoms with Crippen molar-refractivity contribution in [2.24, 2.45) is 0 Å². The summed E-state index contributed by atoms with van der Waals surface area (Å²) in [6, 6.07) is 17.0. The van der Waals surface area contributed by atoms with Gasteiger partial charge in [0.2, 0.25) is 5.89 Å². The average Bonchev–Trinajstić information content (AvgIpc) is 3.15. The molecule has 2 aromatic heterocycles. The molecule has 134 valence electrons. The molecule has 0 atom stereocenters. The number of ether oxygens (including phenoxy) is 1. The maximum absolute atomic E-state index is 12.6. The SMILES string of the molecule is Cc1ccc2nc(C)cc(C(=O)OCc3nnc(-c4ccccc4)o3)c2c1. The molecular weight excluding hydrogens is 342 g/mol. The molecule has 0 N–H and O–H groups in total. The molecule has 0 unspecified atom stereocenters. The summed E-state index contributed by atoms with van der Waals surface area (Å²) in [6.07, 6.45) is 0. The van der Waals surface area contributed by atoms with Crippen molar-refractivity contribution >= 4 is 16.9 Å². The Bertz CT molecular complexity index is 1120. The van der Waals surface area contributed by atoms with E-state index in [0.29, 0.717) is 11.5 Å². The zero-order valence-electron chi connectivity index (χ0n) is 15.0. The molecule has 2 heterocycles. The zero-order chi connectivity index (χ0) is 18.8. The Morgan fingerprint density at radius 2 is 1.85 bits per heavy atom. The summed E-state index contributed by atoms with van der Waals surface area (Å²) in [5.41, 5.74) is 3.85. The average molecular weight is 359 g/mol. The Balaban J connectivity index is 1.54. The predicted molar refractivity (Wildman–Crippen MR) is 100 cm³/mol. The molecule has 0 saturated carbocycles. The van der Waals surface area contributed by atoms with Crippen molar-refractivity contribution < 1.29 is 13.9 Å². The van der Waals surface area contributed by atoms with Gasteiger partial charge in [-0.15, -0.1) is 10.2 Å². The summed E-state index contributed by atoms with van der Waals surface area (Å²) in [7, 11) is 0. The Morgan fingerprint density at radius 1 is 1.04 bits per heavy atom. The summed E-state index contributed by atoms with van der Waals surface area (Å²) in [5, 5.41) is 8.71. The second kappa shape index (κ2) is 6.99. The van der Waals surface area contributed by atoms with Crippen molar-refractivity contribution in [2.75, 3.05) is 0 Å². The van der Waals surface area contributed by atoms with E-state index in [2.05, 4.69) is 15.2 Å². The number of aryl methyl sites for hydroxylation is 2. The number of esters is 1. The van der Waals surface area contributed by atoms with Gasteiger partial charge in [0.1, 0.15) is 0 Å². The normalized spacial score (nSPS) is 10.9. The van der Waals surface area contributed by atoms with Gasteiger partial charge in [-0.25, -0.2) is 4.79 Å². The van der Waals surface area contributed by atoms with Gasteiger partial charge in [0.15, 0.2) is 6.61 Å². The third kappa shape index (κ3) is 3.55. The van der Waals surface area contributed by atoms with E-state index in [1.807, 2.05) is 62.4 Å². The third-order valence-electron chi connectivity index (χ3n) is 4.13. The molecule has 6 heteroatoms. The summed E-state index contributed by atoms with van der Waals surface area (Å²) in [4.78, 5) is 17.1. The van der Waals surface area contributed by atoms with Crippen LogP contribution in [0.1, 0.15) is 27.5 Å². The van der Waals surface area contributed by atoms with E-state index < -0.39 is 5.97 Å². The van der Waals surface area contributed by atoms with Crippen LogP contribution in [0.5, 0.6) is 0 Å². The second-order valence-electron chi connectivity index (χ2n) is 6.27. The lowest BCUT2D eigenvalue weighted by molar-refractivity contribution is 0.0441. The van der Waals surface area contributed by atoms with E-state index in [0.717, 1.165) is 27.7 Å². The number of fused-ring (bicyclic) bond motifs is 1. The van der Waals surface area contributed by atoms with Gasteiger partial charge in [0.25, 0.3) is 5.89 Å². The van der Waals surface area contributed by atoms with Crippen molar-refractivity contribution in [3.8, 4) is 11.5 Å². The van der Waals surface area contributed by atoms with Gasteiger partial charge in [-0.2, -0.15) is 0 Å². The third-order valence-corrected chi connectivity index (χ3v) is 4.13. The molecule has 4 aromatic rings. The zero-order valence-corrected chi connectivity index (χ0v) is 15.0. The fourth-order valence-corrected chi connectivity index (χ4v) is 2.86. The van der Waals surface area contributed by atoms with Crippen LogP contribution in [-0.2, 0) is 11.3 Å². The van der Waals surface area contributed by atoms with Crippen LogP contribution in [0, 0.1) is 13.8 Å². The van der Waals surface area contributed by atoms with Crippen LogP contribution in [0.15, 0.2) is 59.0 Å². The first-order chi connectivity index (χ1) is 13.1. The van der Waals surface area contributed by atoms with E-state index >= 15 is 0 Å². The van der Waals surface area contributed by atoms with Crippen molar-refractivity contribution in [2.45, 2.75) is 20.5 Å². The number of aromatic nitrogens is 3. The van der Waals surface area contributed by atoms with Crippen LogP contribution >= 0.6 is 0 Å². The quantitative estimate of drug-likeness (QED) is 0.507. The van der Waals surface area contributed by atoms with Crippen LogP contribution < -0.4 is 0 Å². The van der Waals surface area contributed by atoms with Gasteiger partial charge in [0, 0.05) is 16.6 Å². The fraction of sp³-hybridized carbons (Fsp3) is 0.143. The number of carbonyl (C=O) groups is 1. The molecule has 0 aliphatic heterocycles. The molecule has 0 amide bonds. The summed E-state index contributed by atoms with van der Waals surface area (Å²) < 4.78 is 11.0. The molecule has 0 radical (unpaired) electrons. The van der Waals surface area contributed by atoms with Gasteiger partial charge in [-0.05, 0) is 44.2 Å². The minimum atomic E-state index is -0.449. The topological polar surface area (TPSA) is 78.1 Å². The Hall–Kier alpha value is -3.54. The summed E-state index contributed by atoms with van der Waals surface area (Å²) in [5.74, 6) is 0.187. The first-order valence-electron chi connectivity index (χ1n) is 8.53. The molecule has 27 heavy (non-hydrogen) atoms. The highest BCUT2D eigenvalue weighted by atomic mass is 16.5. The number of carbonyl (C=O) groups excluding carboxylic acids is 1. The number of benzene rings is 2. The van der Waals surface area contributed by atoms with Gasteiger partial charge in [-0.1, -0.05) is 29.8 Å². The molecular formula is C21H17N3O3. The Labute approximate surface area is 155 Å². The monoisotopic (exact) mass is 359 g/mol. The molecule has 0 bridgehead atoms. The lowest BCUT2D eigenvalue weighted by atomic mass is 10.1. The minimum Gasteiger partial charge on any atom is -0.452 e. The largest absolute Gasteiger partial charge is 0.452 e. The second-order valence-corrected chi connectivity index (χ2v) is 6.27. The van der Waals surface area contributed by atoms with E-state index in [1.165, 1.54) is 0 Å². The smallest absolute Gasteiger partial charge is 0.339 e. The molecule has 4 rings (SSSR count). The van der Waals surface area contributed by atoms with Gasteiger partial charge >= 0.3 is 5.97 Å².